The molecule has 1 aliphatic rings. The van der Waals surface area contributed by atoms with Crippen LogP contribution in [0.25, 0.3) is 16.2 Å². The number of nitrogens with one attached hydrogen (secondary N) is 2. The smallest absolute Gasteiger partial charge is 0.239 e. The number of nitrogens with zero attached hydrogens (tertiary/aromatic N) is 5. The van der Waals surface area contributed by atoms with E-state index in [9.17, 15) is 9.18 Å². The van der Waals surface area contributed by atoms with E-state index in [0.29, 0.717) is 22.7 Å². The molecule has 1 aromatic carbocycles. The van der Waals surface area contributed by atoms with Gasteiger partial charge in [0.05, 0.1) is 6.54 Å². The molecule has 0 unspecified atom stereocenters. The molecular weight excluding hydrogens is 465 g/mol. The van der Waals surface area contributed by atoms with Crippen molar-refractivity contribution in [3.05, 3.63) is 30.1 Å². The zero-order valence-corrected chi connectivity index (χ0v) is 22.1. The minimum absolute atomic E-state index is 0.0231. The number of imidazole rings is 1. The third-order valence-corrected chi connectivity index (χ3v) is 7.20. The lowest BCUT2D eigenvalue weighted by Gasteiger charge is -2.33. The number of likely N-dealkylation sites (tertiary alicyclic amines) is 1. The van der Waals surface area contributed by atoms with Crippen molar-refractivity contribution in [1.29, 1.82) is 0 Å². The van der Waals surface area contributed by atoms with E-state index in [1.807, 2.05) is 11.9 Å². The lowest BCUT2D eigenvalue weighted by molar-refractivity contribution is -0.119. The second-order valence-corrected chi connectivity index (χ2v) is 11.3. The molecule has 3 aromatic rings. The molecule has 1 aliphatic heterocycles. The van der Waals surface area contributed by atoms with Crippen molar-refractivity contribution in [3.8, 4) is 11.3 Å². The molecule has 0 saturated carbocycles. The number of benzene rings is 1. The third kappa shape index (κ3) is 6.29. The maximum absolute atomic E-state index is 13.5. The lowest BCUT2D eigenvalue weighted by atomic mass is 10.0. The Morgan fingerprint density at radius 1 is 1.26 bits per heavy atom. The van der Waals surface area contributed by atoms with Gasteiger partial charge in [0.1, 0.15) is 11.5 Å². The van der Waals surface area contributed by atoms with Crippen molar-refractivity contribution in [2.75, 3.05) is 43.4 Å². The minimum Gasteiger partial charge on any atom is -0.364 e. The zero-order chi connectivity index (χ0) is 25.2. The highest BCUT2D eigenvalue weighted by molar-refractivity contribution is 7.20. The van der Waals surface area contributed by atoms with Gasteiger partial charge in [-0.05, 0) is 71.3 Å². The van der Waals surface area contributed by atoms with Crippen LogP contribution >= 0.6 is 11.3 Å². The molecule has 0 spiro atoms. The number of piperidine rings is 1. The Kier molecular flexibility index (Phi) is 7.61. The van der Waals surface area contributed by atoms with Crippen LogP contribution < -0.4 is 15.5 Å². The van der Waals surface area contributed by atoms with Gasteiger partial charge < -0.3 is 15.5 Å². The van der Waals surface area contributed by atoms with Crippen LogP contribution in [0.1, 0.15) is 47.0 Å². The molecule has 3 heterocycles. The number of rotatable bonds is 8. The predicted octanol–water partition coefficient (Wildman–Crippen LogP) is 4.23. The number of halogens is 1. The fourth-order valence-electron chi connectivity index (χ4n) is 4.34. The SMILES string of the molecule is C[C@H]1CCCCN1CCNC(=O)CN(C)c1nn2c(NC(C)(C)C)c(-c3ccc(F)cc3)nc2s1. The number of carbonyl (C=O) groups is 1. The molecule has 10 heteroatoms. The summed E-state index contributed by atoms with van der Waals surface area (Å²) in [6.07, 6.45) is 3.77. The summed E-state index contributed by atoms with van der Waals surface area (Å²) in [7, 11) is 1.86. The van der Waals surface area contributed by atoms with E-state index < -0.39 is 0 Å². The lowest BCUT2D eigenvalue weighted by Crippen LogP contribution is -2.44. The first-order chi connectivity index (χ1) is 16.6. The Morgan fingerprint density at radius 3 is 2.69 bits per heavy atom. The zero-order valence-electron chi connectivity index (χ0n) is 21.3. The Balaban J connectivity index is 1.45. The van der Waals surface area contributed by atoms with Crippen LogP contribution in [0, 0.1) is 5.82 Å². The van der Waals surface area contributed by atoms with Gasteiger partial charge in [0.2, 0.25) is 16.0 Å². The molecule has 1 amide bonds. The van der Waals surface area contributed by atoms with Crippen LogP contribution in [0.3, 0.4) is 0 Å². The summed E-state index contributed by atoms with van der Waals surface area (Å²) in [5, 5.41) is 12.0. The molecule has 2 N–H and O–H groups in total. The molecule has 4 rings (SSSR count). The molecule has 0 bridgehead atoms. The quantitative estimate of drug-likeness (QED) is 0.481. The minimum atomic E-state index is -0.286. The van der Waals surface area contributed by atoms with Crippen LogP contribution in [0.5, 0.6) is 0 Å². The molecule has 1 fully saturated rings. The summed E-state index contributed by atoms with van der Waals surface area (Å²) >= 11 is 1.42. The highest BCUT2D eigenvalue weighted by atomic mass is 32.1. The first kappa shape index (κ1) is 25.4. The molecule has 0 radical (unpaired) electrons. The van der Waals surface area contributed by atoms with Gasteiger partial charge in [0.15, 0.2) is 5.82 Å². The molecule has 1 atom stereocenters. The van der Waals surface area contributed by atoms with Crippen LogP contribution in [0.15, 0.2) is 24.3 Å². The van der Waals surface area contributed by atoms with E-state index in [-0.39, 0.29) is 23.8 Å². The van der Waals surface area contributed by atoms with Crippen LogP contribution in [-0.4, -0.2) is 70.2 Å². The van der Waals surface area contributed by atoms with Crippen molar-refractivity contribution >= 4 is 33.2 Å². The predicted molar refractivity (Wildman–Crippen MR) is 141 cm³/mol. The Labute approximate surface area is 210 Å². The maximum atomic E-state index is 13.5. The van der Waals surface area contributed by atoms with E-state index >= 15 is 0 Å². The van der Waals surface area contributed by atoms with Crippen LogP contribution in [0.2, 0.25) is 0 Å². The number of likely N-dealkylation sites (N-methyl/N-ethyl adjacent to an activating group) is 1. The highest BCUT2D eigenvalue weighted by Crippen LogP contribution is 2.34. The Morgan fingerprint density at radius 2 is 2.00 bits per heavy atom. The molecular formula is C25H36FN7OS. The average Bonchev–Trinajstić information content (AvgIpc) is 3.34. The number of hydrogen-bond donors (Lipinski definition) is 2. The number of anilines is 2. The summed E-state index contributed by atoms with van der Waals surface area (Å²) in [5.41, 5.74) is 1.30. The second kappa shape index (κ2) is 10.5. The van der Waals surface area contributed by atoms with Gasteiger partial charge in [-0.15, -0.1) is 5.10 Å². The summed E-state index contributed by atoms with van der Waals surface area (Å²) in [5.74, 6) is 0.436. The van der Waals surface area contributed by atoms with Crippen molar-refractivity contribution in [1.82, 2.24) is 24.8 Å². The van der Waals surface area contributed by atoms with E-state index in [1.165, 1.54) is 42.7 Å². The number of hydrogen-bond acceptors (Lipinski definition) is 7. The average molecular weight is 502 g/mol. The fraction of sp³-hybridized carbons (Fsp3) is 0.560. The van der Waals surface area contributed by atoms with Gasteiger partial charge in [0, 0.05) is 37.3 Å². The van der Waals surface area contributed by atoms with E-state index in [4.69, 9.17) is 10.1 Å². The number of carbonyl (C=O) groups excluding carboxylic acids is 1. The van der Waals surface area contributed by atoms with Gasteiger partial charge in [0.25, 0.3) is 0 Å². The fourth-order valence-corrected chi connectivity index (χ4v) is 5.20. The van der Waals surface area contributed by atoms with Crippen LogP contribution in [0.4, 0.5) is 15.3 Å². The van der Waals surface area contributed by atoms with Crippen molar-refractivity contribution in [2.24, 2.45) is 0 Å². The Bertz CT molecular complexity index is 1150. The van der Waals surface area contributed by atoms with Crippen LogP contribution in [-0.2, 0) is 4.79 Å². The van der Waals surface area contributed by atoms with E-state index in [1.54, 1.807) is 16.6 Å². The molecule has 8 nitrogen and oxygen atoms in total. The second-order valence-electron chi connectivity index (χ2n) is 10.4. The first-order valence-corrected chi connectivity index (χ1v) is 13.1. The van der Waals surface area contributed by atoms with Gasteiger partial charge in [-0.3, -0.25) is 9.69 Å². The summed E-state index contributed by atoms with van der Waals surface area (Å²) in [6, 6.07) is 6.89. The number of fused-ring (bicyclic) bond motifs is 1. The first-order valence-electron chi connectivity index (χ1n) is 12.3. The molecule has 0 aliphatic carbocycles. The molecule has 2 aromatic heterocycles. The molecule has 190 valence electrons. The molecule has 35 heavy (non-hydrogen) atoms. The van der Waals surface area contributed by atoms with Gasteiger partial charge in [-0.1, -0.05) is 17.8 Å². The Hall–Kier alpha value is -2.72. The van der Waals surface area contributed by atoms with Crippen molar-refractivity contribution in [2.45, 2.75) is 58.5 Å². The summed E-state index contributed by atoms with van der Waals surface area (Å²) in [4.78, 5) is 22.4. The van der Waals surface area contributed by atoms with Gasteiger partial charge in [-0.25, -0.2) is 9.37 Å². The number of amides is 1. The van der Waals surface area contributed by atoms with Crippen molar-refractivity contribution in [3.63, 3.8) is 0 Å². The van der Waals surface area contributed by atoms with E-state index in [2.05, 4.69) is 43.2 Å². The topological polar surface area (TPSA) is 77.8 Å². The highest BCUT2D eigenvalue weighted by Gasteiger charge is 2.23. The summed E-state index contributed by atoms with van der Waals surface area (Å²) < 4.78 is 15.2. The third-order valence-electron chi connectivity index (χ3n) is 6.17. The van der Waals surface area contributed by atoms with Crippen molar-refractivity contribution < 1.29 is 9.18 Å². The van der Waals surface area contributed by atoms with E-state index in [0.717, 1.165) is 30.2 Å². The maximum Gasteiger partial charge on any atom is 0.239 e. The number of aromatic nitrogens is 3. The monoisotopic (exact) mass is 501 g/mol. The van der Waals surface area contributed by atoms with Gasteiger partial charge >= 0.3 is 0 Å². The standard InChI is InChI=1S/C25H36FN7OS/c1-17-8-6-7-14-32(17)15-13-27-20(34)16-31(5)24-30-33-22(29-25(2,3)4)21(28-23(33)35-24)18-9-11-19(26)12-10-18/h9-12,17,29H,6-8,13-16H2,1-5H3,(H,27,34)/t17-/m0/s1. The normalized spacial score (nSPS) is 17.0. The summed E-state index contributed by atoms with van der Waals surface area (Å²) in [6.45, 7) is 11.3. The van der Waals surface area contributed by atoms with Gasteiger partial charge in [-0.2, -0.15) is 4.52 Å². The largest absolute Gasteiger partial charge is 0.364 e. The molecule has 1 saturated heterocycles.